The van der Waals surface area contributed by atoms with Crippen LogP contribution in [-0.4, -0.2) is 47.8 Å². The molecule has 1 aliphatic rings. The summed E-state index contributed by atoms with van der Waals surface area (Å²) in [6, 6.07) is 15.4. The Bertz CT molecular complexity index is 1120. The van der Waals surface area contributed by atoms with Gasteiger partial charge in [-0.1, -0.05) is 35.9 Å². The summed E-state index contributed by atoms with van der Waals surface area (Å²) in [5.41, 5.74) is 0.317. The van der Waals surface area contributed by atoms with E-state index in [0.717, 1.165) is 0 Å². The zero-order chi connectivity index (χ0) is 19.7. The summed E-state index contributed by atoms with van der Waals surface area (Å²) in [6.45, 7) is 1.46. The number of rotatable bonds is 2. The maximum absolute atomic E-state index is 12.8. The molecule has 0 aliphatic carbocycles. The lowest BCUT2D eigenvalue weighted by Crippen LogP contribution is -2.51. The number of carbonyl (C=O) groups excluding carboxylic acids is 2. The summed E-state index contributed by atoms with van der Waals surface area (Å²) >= 11 is 5.95. The first-order valence-electron chi connectivity index (χ1n) is 8.90. The standard InChI is InChI=1S/C21H17ClN2O4/c22-16-6-3-5-15(12-16)19(25)23-8-10-24(11-9-23)20(26)17-13-14-4-1-2-7-18(14)28-21(17)27/h1-7,12-13H,8-11H2. The van der Waals surface area contributed by atoms with Gasteiger partial charge in [-0.3, -0.25) is 9.59 Å². The molecular weight excluding hydrogens is 380 g/mol. The van der Waals surface area contributed by atoms with E-state index in [2.05, 4.69) is 0 Å². The molecular formula is C21H17ClN2O4. The number of piperazine rings is 1. The molecule has 0 bridgehead atoms. The van der Waals surface area contributed by atoms with Crippen LogP contribution in [0.5, 0.6) is 0 Å². The van der Waals surface area contributed by atoms with E-state index in [0.29, 0.717) is 47.7 Å². The summed E-state index contributed by atoms with van der Waals surface area (Å²) in [5.74, 6) is -0.505. The van der Waals surface area contributed by atoms with Crippen LogP contribution in [0.15, 0.2) is 63.8 Å². The van der Waals surface area contributed by atoms with Gasteiger partial charge in [0.05, 0.1) is 0 Å². The third kappa shape index (κ3) is 3.51. The van der Waals surface area contributed by atoms with E-state index in [4.69, 9.17) is 16.0 Å². The second-order valence-electron chi connectivity index (χ2n) is 6.58. The quantitative estimate of drug-likeness (QED) is 0.624. The smallest absolute Gasteiger partial charge is 0.349 e. The van der Waals surface area contributed by atoms with Crippen LogP contribution in [0.25, 0.3) is 11.0 Å². The molecule has 28 heavy (non-hydrogen) atoms. The predicted octanol–water partition coefficient (Wildman–Crippen LogP) is 3.04. The number of halogens is 1. The highest BCUT2D eigenvalue weighted by atomic mass is 35.5. The Balaban J connectivity index is 1.48. The van der Waals surface area contributed by atoms with E-state index >= 15 is 0 Å². The zero-order valence-corrected chi connectivity index (χ0v) is 15.7. The molecule has 6 nitrogen and oxygen atoms in total. The first-order valence-corrected chi connectivity index (χ1v) is 9.28. The molecule has 2 amide bonds. The Hall–Kier alpha value is -3.12. The summed E-state index contributed by atoms with van der Waals surface area (Å²) in [6.07, 6.45) is 0. The molecule has 0 N–H and O–H groups in total. The molecule has 7 heteroatoms. The largest absolute Gasteiger partial charge is 0.422 e. The van der Waals surface area contributed by atoms with Crippen molar-refractivity contribution in [3.05, 3.63) is 81.2 Å². The Morgan fingerprint density at radius 3 is 2.25 bits per heavy atom. The minimum Gasteiger partial charge on any atom is -0.422 e. The molecule has 1 saturated heterocycles. The fourth-order valence-corrected chi connectivity index (χ4v) is 3.49. The average molecular weight is 397 g/mol. The van der Waals surface area contributed by atoms with Gasteiger partial charge in [0.15, 0.2) is 0 Å². The molecule has 0 unspecified atom stereocenters. The van der Waals surface area contributed by atoms with Crippen molar-refractivity contribution < 1.29 is 14.0 Å². The predicted molar refractivity (Wildman–Crippen MR) is 106 cm³/mol. The summed E-state index contributed by atoms with van der Waals surface area (Å²) < 4.78 is 5.25. The monoisotopic (exact) mass is 396 g/mol. The van der Waals surface area contributed by atoms with Crippen molar-refractivity contribution in [2.24, 2.45) is 0 Å². The van der Waals surface area contributed by atoms with Crippen molar-refractivity contribution in [3.8, 4) is 0 Å². The minimum atomic E-state index is -0.652. The molecule has 0 atom stereocenters. The van der Waals surface area contributed by atoms with Crippen molar-refractivity contribution in [2.75, 3.05) is 26.2 Å². The third-order valence-electron chi connectivity index (χ3n) is 4.80. The molecule has 0 saturated carbocycles. The van der Waals surface area contributed by atoms with E-state index in [1.807, 2.05) is 6.07 Å². The van der Waals surface area contributed by atoms with Gasteiger partial charge in [-0.05, 0) is 30.3 Å². The molecule has 0 spiro atoms. The first kappa shape index (κ1) is 18.3. The lowest BCUT2D eigenvalue weighted by molar-refractivity contribution is 0.0533. The van der Waals surface area contributed by atoms with Gasteiger partial charge in [0, 0.05) is 42.2 Å². The molecule has 3 aromatic rings. The molecule has 1 fully saturated rings. The first-order chi connectivity index (χ1) is 13.5. The number of hydrogen-bond donors (Lipinski definition) is 0. The number of hydrogen-bond acceptors (Lipinski definition) is 4. The lowest BCUT2D eigenvalue weighted by Gasteiger charge is -2.34. The summed E-state index contributed by atoms with van der Waals surface area (Å²) in [7, 11) is 0. The maximum Gasteiger partial charge on any atom is 0.349 e. The normalized spacial score (nSPS) is 14.3. The van der Waals surface area contributed by atoms with Gasteiger partial charge in [0.2, 0.25) is 0 Å². The van der Waals surface area contributed by atoms with Crippen LogP contribution < -0.4 is 5.63 Å². The van der Waals surface area contributed by atoms with Crippen molar-refractivity contribution >= 4 is 34.4 Å². The number of benzene rings is 2. The topological polar surface area (TPSA) is 70.8 Å². The van der Waals surface area contributed by atoms with Crippen molar-refractivity contribution in [1.29, 1.82) is 0 Å². The maximum atomic E-state index is 12.8. The van der Waals surface area contributed by atoms with Crippen LogP contribution in [0.3, 0.4) is 0 Å². The van der Waals surface area contributed by atoms with Gasteiger partial charge in [-0.15, -0.1) is 0 Å². The van der Waals surface area contributed by atoms with Crippen LogP contribution in [0.4, 0.5) is 0 Å². The minimum absolute atomic E-state index is 0.00770. The molecule has 2 heterocycles. The van der Waals surface area contributed by atoms with Crippen LogP contribution in [0.2, 0.25) is 5.02 Å². The highest BCUT2D eigenvalue weighted by Gasteiger charge is 2.27. The van der Waals surface area contributed by atoms with E-state index in [1.54, 1.807) is 58.3 Å². The number of para-hydroxylation sites is 1. The van der Waals surface area contributed by atoms with Gasteiger partial charge in [-0.2, -0.15) is 0 Å². The second kappa shape index (κ2) is 7.48. The number of amides is 2. The van der Waals surface area contributed by atoms with Gasteiger partial charge < -0.3 is 14.2 Å². The van der Waals surface area contributed by atoms with Crippen molar-refractivity contribution in [1.82, 2.24) is 9.80 Å². The zero-order valence-electron chi connectivity index (χ0n) is 14.9. The third-order valence-corrected chi connectivity index (χ3v) is 5.03. The average Bonchev–Trinajstić information content (AvgIpc) is 2.72. The number of fused-ring (bicyclic) bond motifs is 1. The van der Waals surface area contributed by atoms with Gasteiger partial charge in [-0.25, -0.2) is 4.79 Å². The summed E-state index contributed by atoms with van der Waals surface area (Å²) in [5, 5.41) is 1.20. The fraction of sp³-hybridized carbons (Fsp3) is 0.190. The van der Waals surface area contributed by atoms with Crippen LogP contribution in [-0.2, 0) is 0 Å². The summed E-state index contributed by atoms with van der Waals surface area (Å²) in [4.78, 5) is 40.9. The van der Waals surface area contributed by atoms with Crippen LogP contribution in [0.1, 0.15) is 20.7 Å². The van der Waals surface area contributed by atoms with Crippen molar-refractivity contribution in [2.45, 2.75) is 0 Å². The SMILES string of the molecule is O=C(c1cccc(Cl)c1)N1CCN(C(=O)c2cc3ccccc3oc2=O)CC1. The van der Waals surface area contributed by atoms with Crippen LogP contribution in [0, 0.1) is 0 Å². The number of nitrogens with zero attached hydrogens (tertiary/aromatic N) is 2. The van der Waals surface area contributed by atoms with Gasteiger partial charge in [0.25, 0.3) is 11.8 Å². The molecule has 4 rings (SSSR count). The van der Waals surface area contributed by atoms with Gasteiger partial charge >= 0.3 is 5.63 Å². The fourth-order valence-electron chi connectivity index (χ4n) is 3.30. The Morgan fingerprint density at radius 1 is 0.857 bits per heavy atom. The van der Waals surface area contributed by atoms with E-state index in [-0.39, 0.29) is 17.4 Å². The highest BCUT2D eigenvalue weighted by Crippen LogP contribution is 2.17. The second-order valence-corrected chi connectivity index (χ2v) is 7.02. The number of carbonyl (C=O) groups is 2. The Morgan fingerprint density at radius 2 is 1.54 bits per heavy atom. The Kier molecular flexibility index (Phi) is 4.88. The highest BCUT2D eigenvalue weighted by molar-refractivity contribution is 6.30. The molecule has 2 aromatic carbocycles. The molecule has 1 aliphatic heterocycles. The Labute approximate surface area is 165 Å². The van der Waals surface area contributed by atoms with Gasteiger partial charge in [0.1, 0.15) is 11.1 Å². The lowest BCUT2D eigenvalue weighted by atomic mass is 10.1. The van der Waals surface area contributed by atoms with Crippen LogP contribution >= 0.6 is 11.6 Å². The van der Waals surface area contributed by atoms with E-state index in [1.165, 1.54) is 0 Å². The van der Waals surface area contributed by atoms with Crippen molar-refractivity contribution in [3.63, 3.8) is 0 Å². The van der Waals surface area contributed by atoms with E-state index in [9.17, 15) is 14.4 Å². The molecule has 0 radical (unpaired) electrons. The molecule has 142 valence electrons. The molecule has 1 aromatic heterocycles. The van der Waals surface area contributed by atoms with E-state index < -0.39 is 5.63 Å².